The van der Waals surface area contributed by atoms with Crippen molar-refractivity contribution in [2.24, 2.45) is 0 Å². The monoisotopic (exact) mass is 630 g/mol. The van der Waals surface area contributed by atoms with Gasteiger partial charge in [0.2, 0.25) is 0 Å². The number of carbonyl (C=O) groups excluding carboxylic acids is 1. The molecule has 0 spiro atoms. The highest BCUT2D eigenvalue weighted by Gasteiger charge is 2.90. The largest absolute Gasteiger partial charge is 0.465 e. The average Bonchev–Trinajstić information content (AvgIpc) is 2.85. The molecule has 2 nitrogen and oxygen atoms in total. The highest BCUT2D eigenvalue weighted by molar-refractivity contribution is 5.69. The fraction of sp³-hybridized carbons (Fsp3) is 0.962. The number of unbranched alkanes of at least 4 members (excludes halogenated alkanes) is 14. The van der Waals surface area contributed by atoms with Crippen molar-refractivity contribution in [2.45, 2.75) is 152 Å². The summed E-state index contributed by atoms with van der Waals surface area (Å²) in [7, 11) is 0. The van der Waals surface area contributed by atoms with Crippen LogP contribution in [0.5, 0.6) is 0 Å². The van der Waals surface area contributed by atoms with Gasteiger partial charge in [0.05, 0.1) is 13.0 Å². The number of carbonyl (C=O) groups is 1. The first-order chi connectivity index (χ1) is 18.7. The van der Waals surface area contributed by atoms with Crippen LogP contribution in [-0.4, -0.2) is 48.4 Å². The van der Waals surface area contributed by atoms with Crippen LogP contribution in [0.3, 0.4) is 0 Å². The maximum absolute atomic E-state index is 13.7. The molecule has 0 rings (SSSR count). The SMILES string of the molecule is CCCCCCCCCCCCCCCCCC(=O)OCCC(F)(F)C(F)(F)C(F)(F)C(F)(F)C(F)(F)C(F)(F)F. The fourth-order valence-corrected chi connectivity index (χ4v) is 3.96. The molecule has 0 aromatic heterocycles. The molecular weight excluding hydrogens is 591 g/mol. The van der Waals surface area contributed by atoms with Crippen LogP contribution in [0.2, 0.25) is 0 Å². The molecule has 0 saturated heterocycles. The smallest absolute Gasteiger partial charge is 0.460 e. The van der Waals surface area contributed by atoms with E-state index < -0.39 is 54.8 Å². The first-order valence-corrected chi connectivity index (χ1v) is 13.8. The number of esters is 1. The summed E-state index contributed by atoms with van der Waals surface area (Å²) < 4.78 is 174. The molecule has 0 radical (unpaired) electrons. The summed E-state index contributed by atoms with van der Waals surface area (Å²) in [6.07, 6.45) is 5.02. The number of rotatable bonds is 23. The number of hydrogen-bond acceptors (Lipinski definition) is 2. The summed E-state index contributed by atoms with van der Waals surface area (Å²) in [5.74, 6) is -38.3. The van der Waals surface area contributed by atoms with E-state index >= 15 is 0 Å². The second-order valence-electron chi connectivity index (χ2n) is 10.2. The van der Waals surface area contributed by atoms with Crippen molar-refractivity contribution in [3.05, 3.63) is 0 Å². The van der Waals surface area contributed by atoms with Gasteiger partial charge in [-0.05, 0) is 6.42 Å². The zero-order valence-corrected chi connectivity index (χ0v) is 23.0. The highest BCUT2D eigenvalue weighted by atomic mass is 19.4. The van der Waals surface area contributed by atoms with Crippen molar-refractivity contribution in [3.63, 3.8) is 0 Å². The standard InChI is InChI=1S/C26H39F13O2/c1-2-3-4-5-6-7-8-9-10-11-12-13-14-15-16-17-20(40)41-19-18-21(27,28)22(29,30)23(31,32)24(33,34)25(35,36)26(37,38)39/h2-19H2,1H3. The zero-order valence-electron chi connectivity index (χ0n) is 23.0. The molecule has 246 valence electrons. The average molecular weight is 631 g/mol. The van der Waals surface area contributed by atoms with E-state index in [1.165, 1.54) is 44.9 Å². The lowest BCUT2D eigenvalue weighted by molar-refractivity contribution is -0.440. The zero-order chi connectivity index (χ0) is 32.0. The lowest BCUT2D eigenvalue weighted by atomic mass is 9.93. The Bertz CT molecular complexity index is 737. The first-order valence-electron chi connectivity index (χ1n) is 13.8. The Hall–Kier alpha value is -1.44. The molecule has 0 aliphatic heterocycles. The van der Waals surface area contributed by atoms with Crippen LogP contribution < -0.4 is 0 Å². The molecule has 0 aliphatic rings. The van der Waals surface area contributed by atoms with Crippen LogP contribution in [0.1, 0.15) is 116 Å². The molecular formula is C26H39F13O2. The lowest BCUT2D eigenvalue weighted by Gasteiger charge is -2.39. The fourth-order valence-electron chi connectivity index (χ4n) is 3.96. The van der Waals surface area contributed by atoms with Gasteiger partial charge in [0.25, 0.3) is 0 Å². The minimum Gasteiger partial charge on any atom is -0.465 e. The summed E-state index contributed by atoms with van der Waals surface area (Å²) in [5.41, 5.74) is 0. The maximum atomic E-state index is 13.7. The Morgan fingerprint density at radius 3 is 1.20 bits per heavy atom. The van der Waals surface area contributed by atoms with Crippen LogP contribution in [-0.2, 0) is 9.53 Å². The number of ether oxygens (including phenoxy) is 1. The molecule has 41 heavy (non-hydrogen) atoms. The molecule has 0 aromatic carbocycles. The van der Waals surface area contributed by atoms with Gasteiger partial charge in [-0.25, -0.2) is 0 Å². The van der Waals surface area contributed by atoms with E-state index in [-0.39, 0.29) is 12.8 Å². The summed E-state index contributed by atoms with van der Waals surface area (Å²) in [6.45, 7) is 0.470. The molecule has 0 amide bonds. The summed E-state index contributed by atoms with van der Waals surface area (Å²) >= 11 is 0. The third kappa shape index (κ3) is 11.3. The van der Waals surface area contributed by atoms with Crippen LogP contribution in [0.25, 0.3) is 0 Å². The molecule has 0 aromatic rings. The molecule has 0 bridgehead atoms. The van der Waals surface area contributed by atoms with Gasteiger partial charge in [-0.3, -0.25) is 4.79 Å². The van der Waals surface area contributed by atoms with Gasteiger partial charge in [-0.2, -0.15) is 57.1 Å². The van der Waals surface area contributed by atoms with Crippen molar-refractivity contribution in [2.75, 3.05) is 6.61 Å². The van der Waals surface area contributed by atoms with Crippen LogP contribution >= 0.6 is 0 Å². The minimum atomic E-state index is -7.94. The molecule has 0 fully saturated rings. The van der Waals surface area contributed by atoms with Crippen molar-refractivity contribution < 1.29 is 66.6 Å². The maximum Gasteiger partial charge on any atom is 0.460 e. The molecule has 0 saturated carbocycles. The highest BCUT2D eigenvalue weighted by Crippen LogP contribution is 2.60. The first kappa shape index (κ1) is 39.6. The third-order valence-electron chi connectivity index (χ3n) is 6.66. The van der Waals surface area contributed by atoms with Gasteiger partial charge in [-0.1, -0.05) is 96.8 Å². The van der Waals surface area contributed by atoms with E-state index in [4.69, 9.17) is 0 Å². The molecule has 0 unspecified atom stereocenters. The molecule has 15 heteroatoms. The molecule has 0 aliphatic carbocycles. The van der Waals surface area contributed by atoms with E-state index in [9.17, 15) is 61.9 Å². The number of hydrogen-bond donors (Lipinski definition) is 0. The Morgan fingerprint density at radius 2 is 0.829 bits per heavy atom. The third-order valence-corrected chi connectivity index (χ3v) is 6.66. The summed E-state index contributed by atoms with van der Waals surface area (Å²) in [5, 5.41) is 0. The number of alkyl halides is 13. The van der Waals surface area contributed by atoms with Crippen molar-refractivity contribution >= 4 is 5.97 Å². The molecule has 0 atom stereocenters. The van der Waals surface area contributed by atoms with Crippen LogP contribution in [0, 0.1) is 0 Å². The lowest BCUT2D eigenvalue weighted by Crippen LogP contribution is -2.70. The van der Waals surface area contributed by atoms with Crippen molar-refractivity contribution in [1.82, 2.24) is 0 Å². The van der Waals surface area contributed by atoms with E-state index in [0.29, 0.717) is 6.42 Å². The van der Waals surface area contributed by atoms with Gasteiger partial charge in [0.15, 0.2) is 0 Å². The predicted octanol–water partition coefficient (Wildman–Crippen LogP) is 10.9. The minimum absolute atomic E-state index is 0.222. The van der Waals surface area contributed by atoms with Crippen molar-refractivity contribution in [1.29, 1.82) is 0 Å². The second-order valence-corrected chi connectivity index (χ2v) is 10.2. The second kappa shape index (κ2) is 17.0. The summed E-state index contributed by atoms with van der Waals surface area (Å²) in [4.78, 5) is 11.6. The molecule has 0 N–H and O–H groups in total. The Labute approximate surface area is 231 Å². The van der Waals surface area contributed by atoms with Gasteiger partial charge in [0.1, 0.15) is 0 Å². The van der Waals surface area contributed by atoms with Gasteiger partial charge in [0, 0.05) is 6.42 Å². The topological polar surface area (TPSA) is 26.3 Å². The Balaban J connectivity index is 4.33. The Morgan fingerprint density at radius 1 is 0.488 bits per heavy atom. The Kier molecular flexibility index (Phi) is 16.4. The van der Waals surface area contributed by atoms with Gasteiger partial charge >= 0.3 is 41.8 Å². The summed E-state index contributed by atoms with van der Waals surface area (Å²) in [6, 6.07) is 0. The van der Waals surface area contributed by atoms with E-state index in [1.807, 2.05) is 0 Å². The van der Waals surface area contributed by atoms with Crippen LogP contribution in [0.4, 0.5) is 57.1 Å². The van der Waals surface area contributed by atoms with Crippen LogP contribution in [0.15, 0.2) is 0 Å². The quantitative estimate of drug-likeness (QED) is 0.0638. The molecule has 0 heterocycles. The van der Waals surface area contributed by atoms with Gasteiger partial charge < -0.3 is 4.74 Å². The van der Waals surface area contributed by atoms with Crippen molar-refractivity contribution in [3.8, 4) is 0 Å². The number of halogens is 13. The van der Waals surface area contributed by atoms with Gasteiger partial charge in [-0.15, -0.1) is 0 Å². The van der Waals surface area contributed by atoms with E-state index in [1.54, 1.807) is 0 Å². The van der Waals surface area contributed by atoms with E-state index in [0.717, 1.165) is 38.5 Å². The predicted molar refractivity (Wildman–Crippen MR) is 126 cm³/mol. The van der Waals surface area contributed by atoms with E-state index in [2.05, 4.69) is 11.7 Å². The normalized spacial score (nSPS) is 14.0.